The number of pyridine rings is 1. The van der Waals surface area contributed by atoms with E-state index in [0.717, 1.165) is 29.1 Å². The average Bonchev–Trinajstić information content (AvgIpc) is 3.01. The third kappa shape index (κ3) is 4.59. The van der Waals surface area contributed by atoms with E-state index in [4.69, 9.17) is 0 Å². The topological polar surface area (TPSA) is 39.9 Å². The molecular formula is C16H8BrF6N3O. The van der Waals surface area contributed by atoms with E-state index in [1.54, 1.807) is 0 Å². The van der Waals surface area contributed by atoms with Gasteiger partial charge in [-0.05, 0) is 36.4 Å². The third-order valence-electron chi connectivity index (χ3n) is 3.32. The fraction of sp³-hybridized carbons (Fsp3) is 0.125. The highest BCUT2D eigenvalue weighted by atomic mass is 79.9. The van der Waals surface area contributed by atoms with Crippen molar-refractivity contribution >= 4 is 15.9 Å². The van der Waals surface area contributed by atoms with Crippen molar-refractivity contribution in [2.24, 2.45) is 0 Å². The minimum Gasteiger partial charge on any atom is -0.406 e. The molecule has 0 aliphatic heterocycles. The van der Waals surface area contributed by atoms with Gasteiger partial charge in [-0.2, -0.15) is 18.3 Å². The van der Waals surface area contributed by atoms with Crippen molar-refractivity contribution in [2.45, 2.75) is 12.5 Å². The number of benzene rings is 1. The molecule has 0 saturated heterocycles. The predicted molar refractivity (Wildman–Crippen MR) is 86.2 cm³/mol. The van der Waals surface area contributed by atoms with E-state index >= 15 is 0 Å². The van der Waals surface area contributed by atoms with E-state index in [0.29, 0.717) is 0 Å². The van der Waals surface area contributed by atoms with Gasteiger partial charge in [0.05, 0.1) is 17.6 Å². The maximum absolute atomic E-state index is 12.9. The quantitative estimate of drug-likeness (QED) is 0.485. The summed E-state index contributed by atoms with van der Waals surface area (Å²) in [7, 11) is 0. The van der Waals surface area contributed by atoms with Crippen molar-refractivity contribution in [3.8, 4) is 22.7 Å². The van der Waals surface area contributed by atoms with Crippen LogP contribution in [0.1, 0.15) is 5.69 Å². The molecule has 0 fully saturated rings. The lowest BCUT2D eigenvalue weighted by atomic mass is 10.1. The molecule has 2 heterocycles. The minimum atomic E-state index is -4.88. The van der Waals surface area contributed by atoms with E-state index in [2.05, 4.69) is 30.7 Å². The van der Waals surface area contributed by atoms with Crippen molar-refractivity contribution in [1.82, 2.24) is 14.8 Å². The van der Waals surface area contributed by atoms with Crippen molar-refractivity contribution < 1.29 is 31.1 Å². The van der Waals surface area contributed by atoms with Crippen LogP contribution in [0.4, 0.5) is 26.3 Å². The number of alkyl halides is 6. The highest BCUT2D eigenvalue weighted by Crippen LogP contribution is 2.33. The molecule has 0 saturated carbocycles. The molecule has 0 atom stereocenters. The third-order valence-corrected chi connectivity index (χ3v) is 3.78. The maximum atomic E-state index is 12.9. The Hall–Kier alpha value is -2.56. The van der Waals surface area contributed by atoms with Crippen molar-refractivity contribution in [3.63, 3.8) is 0 Å². The van der Waals surface area contributed by atoms with Crippen LogP contribution < -0.4 is 4.74 Å². The lowest BCUT2D eigenvalue weighted by Gasteiger charge is -2.13. The number of rotatable bonds is 3. The zero-order chi connectivity index (χ0) is 19.8. The van der Waals surface area contributed by atoms with Crippen molar-refractivity contribution in [2.75, 3.05) is 0 Å². The molecule has 0 N–H and O–H groups in total. The van der Waals surface area contributed by atoms with Gasteiger partial charge < -0.3 is 4.74 Å². The highest BCUT2D eigenvalue weighted by Gasteiger charge is 2.33. The molecule has 0 amide bonds. The zero-order valence-electron chi connectivity index (χ0n) is 13.0. The molecule has 3 rings (SSSR count). The lowest BCUT2D eigenvalue weighted by molar-refractivity contribution is -0.274. The first kappa shape index (κ1) is 19.2. The number of aromatic nitrogens is 3. The summed E-state index contributed by atoms with van der Waals surface area (Å²) in [6.45, 7) is 0. The van der Waals surface area contributed by atoms with Crippen LogP contribution in [-0.2, 0) is 6.18 Å². The molecule has 4 nitrogen and oxygen atoms in total. The molecule has 0 unspecified atom stereocenters. The Labute approximate surface area is 156 Å². The first-order valence-electron chi connectivity index (χ1n) is 7.17. The van der Waals surface area contributed by atoms with Gasteiger partial charge in [-0.3, -0.25) is 4.98 Å². The summed E-state index contributed by atoms with van der Waals surface area (Å²) in [5, 5.41) is 3.96. The Morgan fingerprint density at radius 1 is 0.926 bits per heavy atom. The largest absolute Gasteiger partial charge is 0.573 e. The Bertz CT molecular complexity index is 967. The van der Waals surface area contributed by atoms with Gasteiger partial charge >= 0.3 is 12.5 Å². The molecule has 11 heteroatoms. The number of halogens is 7. The first-order chi connectivity index (χ1) is 12.5. The fourth-order valence-corrected chi connectivity index (χ4v) is 2.81. The van der Waals surface area contributed by atoms with Gasteiger partial charge in [-0.25, -0.2) is 4.68 Å². The zero-order valence-corrected chi connectivity index (χ0v) is 14.6. The summed E-state index contributed by atoms with van der Waals surface area (Å²) in [6, 6.07) is 7.26. The van der Waals surface area contributed by atoms with Crippen LogP contribution in [0.5, 0.6) is 5.75 Å². The molecule has 142 valence electrons. The molecule has 0 spiro atoms. The van der Waals surface area contributed by atoms with Crippen LogP contribution in [0, 0.1) is 0 Å². The van der Waals surface area contributed by atoms with E-state index in [1.165, 1.54) is 24.4 Å². The highest BCUT2D eigenvalue weighted by molar-refractivity contribution is 9.10. The number of ether oxygens (including phenoxy) is 1. The van der Waals surface area contributed by atoms with Crippen LogP contribution in [0.2, 0.25) is 0 Å². The summed E-state index contributed by atoms with van der Waals surface area (Å²) in [5.41, 5.74) is -0.540. The predicted octanol–water partition coefficient (Wildman–Crippen LogP) is 5.61. The second kappa shape index (κ2) is 6.87. The summed E-state index contributed by atoms with van der Waals surface area (Å²) < 4.78 is 81.4. The molecule has 0 aliphatic carbocycles. The van der Waals surface area contributed by atoms with Gasteiger partial charge in [0.25, 0.3) is 0 Å². The number of nitrogens with zero attached hydrogens (tertiary/aromatic N) is 3. The molecule has 0 aliphatic rings. The van der Waals surface area contributed by atoms with Gasteiger partial charge in [0.15, 0.2) is 0 Å². The molecule has 1 aromatic carbocycles. The maximum Gasteiger partial charge on any atom is 0.573 e. The van der Waals surface area contributed by atoms with Crippen molar-refractivity contribution in [1.29, 1.82) is 0 Å². The standard InChI is InChI=1S/C16H8BrF6N3O/c17-10-5-9(6-12(7-10)27-16(21,22)23)13-2-4-25-26(13)11-1-3-24-14(8-11)15(18,19)20/h1-8H. The first-order valence-corrected chi connectivity index (χ1v) is 7.96. The Morgan fingerprint density at radius 2 is 1.67 bits per heavy atom. The van der Waals surface area contributed by atoms with Gasteiger partial charge in [-0.15, -0.1) is 13.2 Å². The smallest absolute Gasteiger partial charge is 0.406 e. The molecule has 0 bridgehead atoms. The SMILES string of the molecule is FC(F)(F)Oc1cc(Br)cc(-c2ccnn2-c2ccnc(C(F)(F)F)c2)c1. The van der Waals surface area contributed by atoms with Gasteiger partial charge in [0.1, 0.15) is 11.4 Å². The molecule has 0 radical (unpaired) electrons. The summed E-state index contributed by atoms with van der Waals surface area (Å²) in [6.07, 6.45) is -7.24. The second-order valence-corrected chi connectivity index (χ2v) is 6.16. The van der Waals surface area contributed by atoms with E-state index in [9.17, 15) is 26.3 Å². The van der Waals surface area contributed by atoms with Crippen LogP contribution in [-0.4, -0.2) is 21.1 Å². The minimum absolute atomic E-state index is 0.0515. The average molecular weight is 452 g/mol. The van der Waals surface area contributed by atoms with Crippen LogP contribution in [0.3, 0.4) is 0 Å². The molecule has 3 aromatic rings. The monoisotopic (exact) mass is 451 g/mol. The van der Waals surface area contributed by atoms with E-state index in [-0.39, 0.29) is 21.4 Å². The Balaban J connectivity index is 2.06. The molecule has 27 heavy (non-hydrogen) atoms. The molecular weight excluding hydrogens is 444 g/mol. The summed E-state index contributed by atoms with van der Waals surface area (Å²) in [5.74, 6) is -0.481. The fourth-order valence-electron chi connectivity index (χ4n) is 2.34. The second-order valence-electron chi connectivity index (χ2n) is 5.25. The van der Waals surface area contributed by atoms with Gasteiger partial charge in [0, 0.05) is 16.2 Å². The summed E-state index contributed by atoms with van der Waals surface area (Å²) in [4.78, 5) is 3.27. The normalized spacial score (nSPS) is 12.3. The lowest BCUT2D eigenvalue weighted by Crippen LogP contribution is -2.17. The van der Waals surface area contributed by atoms with Gasteiger partial charge in [-0.1, -0.05) is 15.9 Å². The molecule has 2 aromatic heterocycles. The van der Waals surface area contributed by atoms with Crippen LogP contribution in [0.15, 0.2) is 53.3 Å². The van der Waals surface area contributed by atoms with E-state index < -0.39 is 24.0 Å². The van der Waals surface area contributed by atoms with Gasteiger partial charge in [0.2, 0.25) is 0 Å². The number of hydrogen-bond donors (Lipinski definition) is 0. The van der Waals surface area contributed by atoms with Crippen molar-refractivity contribution in [3.05, 3.63) is 59.0 Å². The summed E-state index contributed by atoms with van der Waals surface area (Å²) >= 11 is 3.09. The van der Waals surface area contributed by atoms with Crippen LogP contribution >= 0.6 is 15.9 Å². The number of hydrogen-bond acceptors (Lipinski definition) is 3. The van der Waals surface area contributed by atoms with Crippen LogP contribution in [0.25, 0.3) is 16.9 Å². The van der Waals surface area contributed by atoms with E-state index in [1.807, 2.05) is 0 Å². The Morgan fingerprint density at radius 3 is 2.33 bits per heavy atom. The Kier molecular flexibility index (Phi) is 4.89.